The van der Waals surface area contributed by atoms with Gasteiger partial charge in [-0.25, -0.2) is 9.18 Å². The first kappa shape index (κ1) is 25.8. The van der Waals surface area contributed by atoms with E-state index in [9.17, 15) is 24.2 Å². The number of carbonyl (C=O) groups is 2. The average molecular weight is 467 g/mol. The predicted octanol–water partition coefficient (Wildman–Crippen LogP) is 4.68. The van der Waals surface area contributed by atoms with Crippen LogP contribution in [0.25, 0.3) is 11.1 Å². The molecule has 0 spiro atoms. The lowest BCUT2D eigenvalue weighted by Crippen LogP contribution is -2.43. The summed E-state index contributed by atoms with van der Waals surface area (Å²) >= 11 is 6.14. The smallest absolute Gasteiger partial charge is 0.336 e. The summed E-state index contributed by atoms with van der Waals surface area (Å²) < 4.78 is 13.2. The molecule has 0 aliphatic rings. The number of hydrogen-bond acceptors (Lipinski definition) is 4. The topological polar surface area (TPSA) is 115 Å². The third kappa shape index (κ3) is 7.89. The first-order valence-corrected chi connectivity index (χ1v) is 10.9. The molecule has 2 atom stereocenters. The van der Waals surface area contributed by atoms with Gasteiger partial charge in [0.25, 0.3) is 0 Å². The molecule has 0 saturated heterocycles. The molecule has 6 nitrogen and oxygen atoms in total. The summed E-state index contributed by atoms with van der Waals surface area (Å²) in [5.41, 5.74) is 0.469. The molecule has 4 N–H and O–H groups in total. The molecule has 2 aromatic rings. The molecule has 0 aliphatic heterocycles. The zero-order chi connectivity index (χ0) is 23.7. The lowest BCUT2D eigenvalue weighted by atomic mass is 9.90. The second kappa shape index (κ2) is 11.9. The van der Waals surface area contributed by atoms with Crippen LogP contribution < -0.4 is 0 Å². The molecule has 0 heterocycles. The quantitative estimate of drug-likeness (QED) is 0.318. The number of unbranched alkanes of at least 4 members (excludes halogenated alkanes) is 3. The van der Waals surface area contributed by atoms with Gasteiger partial charge in [0.1, 0.15) is 5.82 Å². The summed E-state index contributed by atoms with van der Waals surface area (Å²) in [7, 11) is 0. The van der Waals surface area contributed by atoms with Gasteiger partial charge >= 0.3 is 11.9 Å². The summed E-state index contributed by atoms with van der Waals surface area (Å²) in [6, 6.07) is 11.9. The van der Waals surface area contributed by atoms with Crippen LogP contribution >= 0.6 is 11.6 Å². The maximum atomic E-state index is 13.2. The highest BCUT2D eigenvalue weighted by atomic mass is 35.5. The normalized spacial score (nSPS) is 14.0. The van der Waals surface area contributed by atoms with Gasteiger partial charge in [-0.3, -0.25) is 4.79 Å². The molecule has 174 valence electrons. The standard InChI is InChI=1S/C24H28ClFO6/c25-18-10-7-16(21(13-18)17-8-11-19(26)12-9-17)5-3-1-2-4-6-20(27)14-24(32,23(30)31)15-22(28)29/h7-13,20,27,32H,1-6,14-15H2,(H,28,29)(H,30,31)/t20-,24+/m1/s1. The Hall–Kier alpha value is -2.48. The molecule has 2 rings (SSSR count). The second-order valence-corrected chi connectivity index (χ2v) is 8.46. The van der Waals surface area contributed by atoms with E-state index in [1.807, 2.05) is 18.2 Å². The van der Waals surface area contributed by atoms with Crippen molar-refractivity contribution in [2.24, 2.45) is 0 Å². The molecular formula is C24H28ClFO6. The van der Waals surface area contributed by atoms with E-state index in [1.165, 1.54) is 12.1 Å². The van der Waals surface area contributed by atoms with Gasteiger partial charge in [-0.2, -0.15) is 0 Å². The molecule has 0 saturated carbocycles. The number of benzene rings is 2. The number of aliphatic carboxylic acids is 2. The highest BCUT2D eigenvalue weighted by Gasteiger charge is 2.40. The van der Waals surface area contributed by atoms with Crippen molar-refractivity contribution in [3.8, 4) is 11.1 Å². The fourth-order valence-electron chi connectivity index (χ4n) is 3.69. The van der Waals surface area contributed by atoms with E-state index in [1.54, 1.807) is 12.1 Å². The Morgan fingerprint density at radius 1 is 1.00 bits per heavy atom. The van der Waals surface area contributed by atoms with Crippen molar-refractivity contribution in [2.45, 2.75) is 63.1 Å². The minimum atomic E-state index is -2.48. The van der Waals surface area contributed by atoms with Crippen molar-refractivity contribution in [1.29, 1.82) is 0 Å². The Morgan fingerprint density at radius 3 is 2.28 bits per heavy atom. The van der Waals surface area contributed by atoms with Crippen LogP contribution in [0.2, 0.25) is 5.02 Å². The SMILES string of the molecule is O=C(O)C[C@@](O)(C[C@H](O)CCCCCCc1ccc(Cl)cc1-c1ccc(F)cc1)C(=O)O. The zero-order valence-corrected chi connectivity index (χ0v) is 18.4. The van der Waals surface area contributed by atoms with Gasteiger partial charge in [0.05, 0.1) is 12.5 Å². The van der Waals surface area contributed by atoms with E-state index in [2.05, 4.69) is 0 Å². The maximum absolute atomic E-state index is 13.2. The summed E-state index contributed by atoms with van der Waals surface area (Å²) in [4.78, 5) is 21.9. The van der Waals surface area contributed by atoms with E-state index < -0.39 is 36.5 Å². The van der Waals surface area contributed by atoms with Crippen molar-refractivity contribution in [3.05, 3.63) is 58.9 Å². The van der Waals surface area contributed by atoms with Crippen molar-refractivity contribution < 1.29 is 34.4 Å². The van der Waals surface area contributed by atoms with Crippen LogP contribution in [0.3, 0.4) is 0 Å². The summed E-state index contributed by atoms with van der Waals surface area (Å²) in [6.07, 6.45) is 1.64. The van der Waals surface area contributed by atoms with Crippen LogP contribution in [-0.2, 0) is 16.0 Å². The van der Waals surface area contributed by atoms with Crippen molar-refractivity contribution in [3.63, 3.8) is 0 Å². The van der Waals surface area contributed by atoms with E-state index in [0.29, 0.717) is 11.4 Å². The number of carboxylic acid groups (broad SMARTS) is 2. The molecular weight excluding hydrogens is 439 g/mol. The summed E-state index contributed by atoms with van der Waals surface area (Å²) in [6.45, 7) is 0. The minimum Gasteiger partial charge on any atom is -0.481 e. The summed E-state index contributed by atoms with van der Waals surface area (Å²) in [5, 5.41) is 38.4. The Morgan fingerprint density at radius 2 is 1.66 bits per heavy atom. The van der Waals surface area contributed by atoms with Gasteiger partial charge in [0.2, 0.25) is 0 Å². The Kier molecular flexibility index (Phi) is 9.62. The second-order valence-electron chi connectivity index (χ2n) is 8.03. The fraction of sp³-hybridized carbons (Fsp3) is 0.417. The number of hydrogen-bond donors (Lipinski definition) is 4. The molecule has 0 aromatic heterocycles. The molecule has 32 heavy (non-hydrogen) atoms. The summed E-state index contributed by atoms with van der Waals surface area (Å²) in [5.74, 6) is -3.40. The van der Waals surface area contributed by atoms with Crippen LogP contribution in [-0.4, -0.2) is 44.1 Å². The van der Waals surface area contributed by atoms with Gasteiger partial charge in [-0.1, -0.05) is 49.1 Å². The number of aliphatic hydroxyl groups excluding tert-OH is 1. The van der Waals surface area contributed by atoms with Crippen LogP contribution in [0.5, 0.6) is 0 Å². The highest BCUT2D eigenvalue weighted by molar-refractivity contribution is 6.30. The predicted molar refractivity (Wildman–Crippen MR) is 119 cm³/mol. The molecule has 0 bridgehead atoms. The number of aliphatic hydroxyl groups is 2. The molecule has 0 unspecified atom stereocenters. The maximum Gasteiger partial charge on any atom is 0.336 e. The average Bonchev–Trinajstić information content (AvgIpc) is 2.71. The van der Waals surface area contributed by atoms with Crippen molar-refractivity contribution in [1.82, 2.24) is 0 Å². The molecule has 0 aliphatic carbocycles. The van der Waals surface area contributed by atoms with Gasteiger partial charge in [0, 0.05) is 11.4 Å². The van der Waals surface area contributed by atoms with E-state index in [4.69, 9.17) is 21.8 Å². The molecule has 0 radical (unpaired) electrons. The van der Waals surface area contributed by atoms with Crippen LogP contribution in [0, 0.1) is 5.82 Å². The third-order valence-electron chi connectivity index (χ3n) is 5.38. The van der Waals surface area contributed by atoms with E-state index >= 15 is 0 Å². The zero-order valence-electron chi connectivity index (χ0n) is 17.6. The molecule has 0 fully saturated rings. The number of aryl methyl sites for hydroxylation is 1. The number of rotatable bonds is 13. The minimum absolute atomic E-state index is 0.275. The Balaban J connectivity index is 1.80. The Labute approximate surface area is 191 Å². The number of carboxylic acids is 2. The largest absolute Gasteiger partial charge is 0.481 e. The van der Waals surface area contributed by atoms with Crippen LogP contribution in [0.15, 0.2) is 42.5 Å². The lowest BCUT2D eigenvalue weighted by molar-refractivity contribution is -0.168. The monoisotopic (exact) mass is 466 g/mol. The van der Waals surface area contributed by atoms with E-state index in [0.717, 1.165) is 42.4 Å². The molecule has 8 heteroatoms. The van der Waals surface area contributed by atoms with Gasteiger partial charge < -0.3 is 20.4 Å². The number of halogens is 2. The van der Waals surface area contributed by atoms with Crippen LogP contribution in [0.4, 0.5) is 4.39 Å². The van der Waals surface area contributed by atoms with Crippen LogP contribution in [0.1, 0.15) is 50.5 Å². The first-order valence-electron chi connectivity index (χ1n) is 10.5. The van der Waals surface area contributed by atoms with Crippen molar-refractivity contribution in [2.75, 3.05) is 0 Å². The molecule has 0 amide bonds. The van der Waals surface area contributed by atoms with Gasteiger partial charge in [-0.15, -0.1) is 0 Å². The lowest BCUT2D eigenvalue weighted by Gasteiger charge is -2.24. The van der Waals surface area contributed by atoms with Gasteiger partial charge in [-0.05, 0) is 60.2 Å². The van der Waals surface area contributed by atoms with Crippen molar-refractivity contribution >= 4 is 23.5 Å². The van der Waals surface area contributed by atoms with E-state index in [-0.39, 0.29) is 12.2 Å². The third-order valence-corrected chi connectivity index (χ3v) is 5.61. The Bertz CT molecular complexity index is 917. The van der Waals surface area contributed by atoms with Gasteiger partial charge in [0.15, 0.2) is 5.60 Å². The fourth-order valence-corrected chi connectivity index (χ4v) is 3.86. The molecule has 2 aromatic carbocycles. The highest BCUT2D eigenvalue weighted by Crippen LogP contribution is 2.29. The first-order chi connectivity index (χ1) is 15.1.